The summed E-state index contributed by atoms with van der Waals surface area (Å²) in [6.45, 7) is 3.87. The second-order valence-corrected chi connectivity index (χ2v) is 6.04. The van der Waals surface area contributed by atoms with Crippen molar-refractivity contribution in [3.63, 3.8) is 0 Å². The molecule has 0 aromatic carbocycles. The zero-order valence-electron chi connectivity index (χ0n) is 11.7. The molecule has 2 amide bonds. The van der Waals surface area contributed by atoms with Gasteiger partial charge >= 0.3 is 12.0 Å². The van der Waals surface area contributed by atoms with E-state index in [0.29, 0.717) is 0 Å². The maximum Gasteiger partial charge on any atom is 0.323 e. The summed E-state index contributed by atoms with van der Waals surface area (Å²) < 4.78 is 5.34. The molecule has 2 atom stereocenters. The van der Waals surface area contributed by atoms with Gasteiger partial charge in [0.15, 0.2) is 0 Å². The van der Waals surface area contributed by atoms with Crippen LogP contribution in [0.25, 0.3) is 0 Å². The highest BCUT2D eigenvalue weighted by atomic mass is 16.5. The lowest BCUT2D eigenvalue weighted by Gasteiger charge is -2.51. The van der Waals surface area contributed by atoms with E-state index in [2.05, 4.69) is 5.32 Å². The number of carbonyl (C=O) groups excluding carboxylic acids is 1. The molecule has 2 fully saturated rings. The van der Waals surface area contributed by atoms with Crippen LogP contribution >= 0.6 is 0 Å². The Morgan fingerprint density at radius 3 is 2.47 bits per heavy atom. The van der Waals surface area contributed by atoms with Crippen LogP contribution in [0.1, 0.15) is 33.1 Å². The Balaban J connectivity index is 1.91. The number of aliphatic carboxylic acids is 1. The van der Waals surface area contributed by atoms with Gasteiger partial charge in [0, 0.05) is 24.6 Å². The van der Waals surface area contributed by atoms with Crippen molar-refractivity contribution in [2.45, 2.75) is 51.3 Å². The van der Waals surface area contributed by atoms with E-state index in [-0.39, 0.29) is 36.2 Å². The third kappa shape index (κ3) is 2.83. The van der Waals surface area contributed by atoms with E-state index in [9.17, 15) is 9.59 Å². The predicted molar refractivity (Wildman–Crippen MR) is 68.9 cm³/mol. The molecule has 2 aliphatic rings. The van der Waals surface area contributed by atoms with Crippen molar-refractivity contribution in [1.82, 2.24) is 10.2 Å². The number of hydrogen-bond donors (Lipinski definition) is 2. The molecule has 0 aromatic rings. The highest BCUT2D eigenvalue weighted by Crippen LogP contribution is 2.42. The maximum absolute atomic E-state index is 12.2. The minimum Gasteiger partial charge on any atom is -0.480 e. The van der Waals surface area contributed by atoms with Gasteiger partial charge in [-0.1, -0.05) is 13.8 Å². The van der Waals surface area contributed by atoms with Crippen molar-refractivity contribution in [3.05, 3.63) is 0 Å². The molecule has 0 saturated heterocycles. The van der Waals surface area contributed by atoms with Crippen molar-refractivity contribution in [3.8, 4) is 0 Å². The monoisotopic (exact) mass is 270 g/mol. The second kappa shape index (κ2) is 5.00. The Hall–Kier alpha value is -1.30. The molecule has 2 saturated carbocycles. The van der Waals surface area contributed by atoms with E-state index in [4.69, 9.17) is 9.84 Å². The first-order valence-corrected chi connectivity index (χ1v) is 6.68. The molecule has 0 heterocycles. The van der Waals surface area contributed by atoms with Crippen LogP contribution in [0, 0.1) is 5.41 Å². The first-order chi connectivity index (χ1) is 8.86. The minimum atomic E-state index is -0.968. The zero-order chi connectivity index (χ0) is 14.2. The fourth-order valence-electron chi connectivity index (χ4n) is 2.66. The van der Waals surface area contributed by atoms with Gasteiger partial charge in [-0.05, 0) is 19.3 Å². The Morgan fingerprint density at radius 2 is 2.05 bits per heavy atom. The summed E-state index contributed by atoms with van der Waals surface area (Å²) in [5, 5.41) is 11.8. The maximum atomic E-state index is 12.2. The van der Waals surface area contributed by atoms with Crippen LogP contribution in [0.15, 0.2) is 0 Å². The highest BCUT2D eigenvalue weighted by Gasteiger charge is 2.50. The van der Waals surface area contributed by atoms with Crippen molar-refractivity contribution >= 4 is 12.0 Å². The molecule has 6 nitrogen and oxygen atoms in total. The number of rotatable bonds is 5. The number of hydrogen-bond acceptors (Lipinski definition) is 3. The molecule has 0 aliphatic heterocycles. The summed E-state index contributed by atoms with van der Waals surface area (Å²) in [5.41, 5.74) is -0.108. The lowest BCUT2D eigenvalue weighted by atomic mass is 9.64. The molecular formula is C13H22N2O4. The summed E-state index contributed by atoms with van der Waals surface area (Å²) >= 11 is 0. The third-order valence-electron chi connectivity index (χ3n) is 4.31. The molecule has 0 spiro atoms. The van der Waals surface area contributed by atoms with Crippen molar-refractivity contribution in [2.75, 3.05) is 13.7 Å². The van der Waals surface area contributed by atoms with Crippen LogP contribution in [0.3, 0.4) is 0 Å². The molecule has 2 aliphatic carbocycles. The van der Waals surface area contributed by atoms with E-state index in [1.165, 1.54) is 4.90 Å². The SMILES string of the molecule is COC1CC(NC(=O)N(CC(=O)O)C2CC2)C1(C)C. The number of carboxylic acid groups (broad SMARTS) is 1. The van der Waals surface area contributed by atoms with Gasteiger partial charge in [0.1, 0.15) is 6.54 Å². The lowest BCUT2D eigenvalue weighted by Crippen LogP contribution is -2.63. The molecular weight excluding hydrogens is 248 g/mol. The Labute approximate surface area is 113 Å². The fourth-order valence-corrected chi connectivity index (χ4v) is 2.66. The molecule has 0 radical (unpaired) electrons. The van der Waals surface area contributed by atoms with Crippen molar-refractivity contribution < 1.29 is 19.4 Å². The molecule has 6 heteroatoms. The Morgan fingerprint density at radius 1 is 1.42 bits per heavy atom. The van der Waals surface area contributed by atoms with Gasteiger partial charge in [-0.25, -0.2) is 4.79 Å². The smallest absolute Gasteiger partial charge is 0.323 e. The van der Waals surface area contributed by atoms with Gasteiger partial charge in [-0.15, -0.1) is 0 Å². The van der Waals surface area contributed by atoms with Gasteiger partial charge < -0.3 is 20.1 Å². The normalized spacial score (nSPS) is 28.4. The lowest BCUT2D eigenvalue weighted by molar-refractivity contribution is -0.137. The van der Waals surface area contributed by atoms with Crippen LogP contribution in [-0.2, 0) is 9.53 Å². The van der Waals surface area contributed by atoms with Crippen LogP contribution in [0.2, 0.25) is 0 Å². The average molecular weight is 270 g/mol. The molecule has 0 aromatic heterocycles. The van der Waals surface area contributed by atoms with Crippen LogP contribution < -0.4 is 5.32 Å². The molecule has 108 valence electrons. The molecule has 2 rings (SSSR count). The van der Waals surface area contributed by atoms with Gasteiger partial charge in [0.2, 0.25) is 0 Å². The van der Waals surface area contributed by atoms with Crippen LogP contribution in [0.4, 0.5) is 4.79 Å². The quantitative estimate of drug-likeness (QED) is 0.783. The van der Waals surface area contributed by atoms with E-state index in [0.717, 1.165) is 19.3 Å². The molecule has 2 N–H and O–H groups in total. The average Bonchev–Trinajstić information content (AvgIpc) is 3.14. The summed E-state index contributed by atoms with van der Waals surface area (Å²) in [7, 11) is 1.67. The number of methoxy groups -OCH3 is 1. The fraction of sp³-hybridized carbons (Fsp3) is 0.846. The van der Waals surface area contributed by atoms with Crippen molar-refractivity contribution in [1.29, 1.82) is 0 Å². The van der Waals surface area contributed by atoms with E-state index in [1.807, 2.05) is 13.8 Å². The zero-order valence-corrected chi connectivity index (χ0v) is 11.7. The predicted octanol–water partition coefficient (Wildman–Crippen LogP) is 1.06. The number of carbonyl (C=O) groups is 2. The first kappa shape index (κ1) is 14.1. The van der Waals surface area contributed by atoms with E-state index >= 15 is 0 Å². The standard InChI is InChI=1S/C13H22N2O4/c1-13(2)9(6-10(13)19-3)14-12(18)15(7-11(16)17)8-4-5-8/h8-10H,4-7H2,1-3H3,(H,14,18)(H,16,17). The topological polar surface area (TPSA) is 78.9 Å². The van der Waals surface area contributed by atoms with Gasteiger partial charge in [0.25, 0.3) is 0 Å². The Kier molecular flexibility index (Phi) is 3.71. The highest BCUT2D eigenvalue weighted by molar-refractivity contribution is 5.81. The number of nitrogens with one attached hydrogen (secondary N) is 1. The largest absolute Gasteiger partial charge is 0.480 e. The number of urea groups is 1. The number of nitrogens with zero attached hydrogens (tertiary/aromatic N) is 1. The van der Waals surface area contributed by atoms with Crippen LogP contribution in [0.5, 0.6) is 0 Å². The number of ether oxygens (including phenoxy) is 1. The summed E-state index contributed by atoms with van der Waals surface area (Å²) in [5.74, 6) is -0.968. The van der Waals surface area contributed by atoms with E-state index < -0.39 is 5.97 Å². The minimum absolute atomic E-state index is 0.0417. The van der Waals surface area contributed by atoms with Crippen LogP contribution in [-0.4, -0.2) is 53.8 Å². The summed E-state index contributed by atoms with van der Waals surface area (Å²) in [6.07, 6.45) is 2.72. The van der Waals surface area contributed by atoms with Gasteiger partial charge in [-0.3, -0.25) is 4.79 Å². The second-order valence-electron chi connectivity index (χ2n) is 6.04. The van der Waals surface area contributed by atoms with E-state index in [1.54, 1.807) is 7.11 Å². The summed E-state index contributed by atoms with van der Waals surface area (Å²) in [4.78, 5) is 24.4. The van der Waals surface area contributed by atoms with Crippen molar-refractivity contribution in [2.24, 2.45) is 5.41 Å². The third-order valence-corrected chi connectivity index (χ3v) is 4.31. The van der Waals surface area contributed by atoms with Gasteiger partial charge in [-0.2, -0.15) is 0 Å². The molecule has 19 heavy (non-hydrogen) atoms. The first-order valence-electron chi connectivity index (χ1n) is 6.68. The molecule has 0 bridgehead atoms. The van der Waals surface area contributed by atoms with Gasteiger partial charge in [0.05, 0.1) is 6.10 Å². The summed E-state index contributed by atoms with van der Waals surface area (Å²) in [6, 6.07) is -0.130. The Bertz CT molecular complexity index is 379. The molecule has 2 unspecified atom stereocenters. The number of amides is 2. The number of carboxylic acids is 1.